The predicted molar refractivity (Wildman–Crippen MR) is 73.5 cm³/mol. The first kappa shape index (κ1) is 11.6. The molecule has 0 heterocycles. The van der Waals surface area contributed by atoms with E-state index in [1.807, 2.05) is 36.4 Å². The Hall–Kier alpha value is -2.47. The molecule has 3 rings (SSSR count). The van der Waals surface area contributed by atoms with Crippen molar-refractivity contribution in [3.05, 3.63) is 64.1 Å². The Labute approximate surface area is 111 Å². The molecule has 1 aliphatic carbocycles. The molecule has 2 aromatic rings. The Kier molecular flexibility index (Phi) is 2.85. The van der Waals surface area contributed by atoms with E-state index in [0.29, 0.717) is 5.56 Å². The molecule has 1 atom stereocenters. The summed E-state index contributed by atoms with van der Waals surface area (Å²) in [7, 11) is 0. The van der Waals surface area contributed by atoms with E-state index in [9.17, 15) is 4.91 Å². The Morgan fingerprint density at radius 2 is 1.84 bits per heavy atom. The third-order valence-electron chi connectivity index (χ3n) is 3.66. The quantitative estimate of drug-likeness (QED) is 0.755. The third kappa shape index (κ3) is 2.02. The van der Waals surface area contributed by atoms with Gasteiger partial charge in [-0.3, -0.25) is 0 Å². The summed E-state index contributed by atoms with van der Waals surface area (Å²) in [6.07, 6.45) is 1.73. The molecule has 19 heavy (non-hydrogen) atoms. The van der Waals surface area contributed by atoms with E-state index in [2.05, 4.69) is 17.3 Å². The molecule has 1 aliphatic rings. The van der Waals surface area contributed by atoms with Crippen LogP contribution in [0.5, 0.6) is 0 Å². The molecule has 1 unspecified atom stereocenters. The number of hydrogen-bond acceptors (Lipinski definition) is 3. The Morgan fingerprint density at radius 3 is 2.53 bits per heavy atom. The molecule has 0 bridgehead atoms. The minimum absolute atomic E-state index is 0.176. The fourth-order valence-corrected chi connectivity index (χ4v) is 2.62. The Balaban J connectivity index is 1.98. The molecule has 92 valence electrons. The minimum Gasteiger partial charge on any atom is -0.192 e. The van der Waals surface area contributed by atoms with Gasteiger partial charge in [-0.25, -0.2) is 0 Å². The maximum atomic E-state index is 10.7. The van der Waals surface area contributed by atoms with Crippen molar-refractivity contribution in [1.82, 2.24) is 0 Å². The molecule has 3 nitrogen and oxygen atoms in total. The molecule has 0 aromatic heterocycles. The largest absolute Gasteiger partial charge is 0.192 e. The van der Waals surface area contributed by atoms with Crippen LogP contribution in [0, 0.1) is 16.2 Å². The highest BCUT2D eigenvalue weighted by Crippen LogP contribution is 2.36. The molecule has 0 fully saturated rings. The molecule has 2 aromatic carbocycles. The van der Waals surface area contributed by atoms with Crippen LogP contribution in [0.25, 0.3) is 11.1 Å². The third-order valence-corrected chi connectivity index (χ3v) is 3.66. The van der Waals surface area contributed by atoms with Crippen LogP contribution in [0.15, 0.2) is 47.6 Å². The summed E-state index contributed by atoms with van der Waals surface area (Å²) in [5, 5.41) is 12.0. The average Bonchev–Trinajstić information content (AvgIpc) is 2.89. The van der Waals surface area contributed by atoms with Crippen LogP contribution in [0.4, 0.5) is 0 Å². The topological polar surface area (TPSA) is 53.2 Å². The first-order valence-corrected chi connectivity index (χ1v) is 6.27. The van der Waals surface area contributed by atoms with Gasteiger partial charge >= 0.3 is 0 Å². The van der Waals surface area contributed by atoms with Crippen LogP contribution >= 0.6 is 0 Å². The second kappa shape index (κ2) is 4.66. The van der Waals surface area contributed by atoms with E-state index in [1.165, 1.54) is 5.56 Å². The molecular weight excluding hydrogens is 236 g/mol. The van der Waals surface area contributed by atoms with Gasteiger partial charge in [0.05, 0.1) is 11.6 Å². The lowest BCUT2D eigenvalue weighted by atomic mass is 9.99. The van der Waals surface area contributed by atoms with Gasteiger partial charge in [-0.15, -0.1) is 0 Å². The highest BCUT2D eigenvalue weighted by molar-refractivity contribution is 5.66. The summed E-state index contributed by atoms with van der Waals surface area (Å²) >= 11 is 0. The summed E-state index contributed by atoms with van der Waals surface area (Å²) in [5.41, 5.74) is 5.15. The van der Waals surface area contributed by atoms with Crippen molar-refractivity contribution in [3.63, 3.8) is 0 Å². The summed E-state index contributed by atoms with van der Waals surface area (Å²) in [4.78, 5) is 10.7. The van der Waals surface area contributed by atoms with Crippen LogP contribution < -0.4 is 0 Å². The molecule has 0 saturated carbocycles. The van der Waals surface area contributed by atoms with Crippen molar-refractivity contribution in [2.75, 3.05) is 0 Å². The number of hydrogen-bond donors (Lipinski definition) is 0. The van der Waals surface area contributed by atoms with Gasteiger partial charge in [-0.05, 0) is 47.2 Å². The maximum Gasteiger partial charge on any atom is 0.117 e. The van der Waals surface area contributed by atoms with E-state index in [1.54, 1.807) is 0 Å². The van der Waals surface area contributed by atoms with Crippen molar-refractivity contribution in [3.8, 4) is 17.2 Å². The number of fused-ring (bicyclic) bond motifs is 1. The van der Waals surface area contributed by atoms with Crippen LogP contribution in [0.3, 0.4) is 0 Å². The SMILES string of the molecule is N#Cc1ccc(-c2ccc3c(c2)CCC3N=O)cc1. The van der Waals surface area contributed by atoms with E-state index >= 15 is 0 Å². The highest BCUT2D eigenvalue weighted by Gasteiger charge is 2.23. The van der Waals surface area contributed by atoms with Crippen molar-refractivity contribution in [1.29, 1.82) is 5.26 Å². The van der Waals surface area contributed by atoms with Crippen molar-refractivity contribution in [2.24, 2.45) is 5.18 Å². The smallest absolute Gasteiger partial charge is 0.117 e. The van der Waals surface area contributed by atoms with Crippen molar-refractivity contribution in [2.45, 2.75) is 18.9 Å². The van der Waals surface area contributed by atoms with Gasteiger partial charge in [0.15, 0.2) is 0 Å². The van der Waals surface area contributed by atoms with Gasteiger partial charge in [-0.2, -0.15) is 10.2 Å². The molecule has 0 radical (unpaired) electrons. The van der Waals surface area contributed by atoms with E-state index in [4.69, 9.17) is 5.26 Å². The van der Waals surface area contributed by atoms with Gasteiger partial charge in [0, 0.05) is 0 Å². The van der Waals surface area contributed by atoms with Crippen LogP contribution in [0.2, 0.25) is 0 Å². The fraction of sp³-hybridized carbons (Fsp3) is 0.188. The lowest BCUT2D eigenvalue weighted by Gasteiger charge is -2.06. The number of nitroso groups, excluding NO2 is 1. The van der Waals surface area contributed by atoms with Crippen LogP contribution in [-0.2, 0) is 6.42 Å². The second-order valence-corrected chi connectivity index (χ2v) is 4.76. The van der Waals surface area contributed by atoms with Gasteiger partial charge in [0.25, 0.3) is 0 Å². The zero-order valence-corrected chi connectivity index (χ0v) is 10.3. The number of nitriles is 1. The highest BCUT2D eigenvalue weighted by atomic mass is 16.3. The van der Waals surface area contributed by atoms with Crippen LogP contribution in [0.1, 0.15) is 29.2 Å². The maximum absolute atomic E-state index is 10.7. The van der Waals surface area contributed by atoms with E-state index in [-0.39, 0.29) is 6.04 Å². The normalized spacial score (nSPS) is 16.7. The fourth-order valence-electron chi connectivity index (χ4n) is 2.62. The molecule has 0 aliphatic heterocycles. The van der Waals surface area contributed by atoms with Gasteiger partial charge in [0.2, 0.25) is 0 Å². The van der Waals surface area contributed by atoms with Gasteiger partial charge in [-0.1, -0.05) is 35.5 Å². The zero-order valence-electron chi connectivity index (χ0n) is 10.3. The monoisotopic (exact) mass is 248 g/mol. The summed E-state index contributed by atoms with van der Waals surface area (Å²) in [6, 6.07) is 15.6. The van der Waals surface area contributed by atoms with Gasteiger partial charge < -0.3 is 0 Å². The summed E-state index contributed by atoms with van der Waals surface area (Å²) < 4.78 is 0. The molecule has 0 N–H and O–H groups in total. The lowest BCUT2D eigenvalue weighted by Crippen LogP contribution is -1.88. The summed E-state index contributed by atoms with van der Waals surface area (Å²) in [6.45, 7) is 0. The van der Waals surface area contributed by atoms with Crippen molar-refractivity contribution < 1.29 is 0 Å². The summed E-state index contributed by atoms with van der Waals surface area (Å²) in [5.74, 6) is 0. The average molecular weight is 248 g/mol. The first-order chi connectivity index (χ1) is 9.31. The van der Waals surface area contributed by atoms with E-state index < -0.39 is 0 Å². The Bertz CT molecular complexity index is 668. The molecule has 0 spiro atoms. The molecular formula is C16H12N2O. The molecule has 3 heteroatoms. The lowest BCUT2D eigenvalue weighted by molar-refractivity contribution is 0.710. The zero-order chi connectivity index (χ0) is 13.2. The van der Waals surface area contributed by atoms with E-state index in [0.717, 1.165) is 29.5 Å². The number of benzene rings is 2. The molecule has 0 amide bonds. The van der Waals surface area contributed by atoms with Crippen LogP contribution in [-0.4, -0.2) is 0 Å². The van der Waals surface area contributed by atoms with Gasteiger partial charge in [0.1, 0.15) is 6.04 Å². The number of aryl methyl sites for hydroxylation is 1. The second-order valence-electron chi connectivity index (χ2n) is 4.76. The minimum atomic E-state index is -0.176. The predicted octanol–water partition coefficient (Wildman–Crippen LogP) is 3.98. The number of nitrogens with zero attached hydrogens (tertiary/aromatic N) is 2. The number of rotatable bonds is 2. The Morgan fingerprint density at radius 1 is 1.11 bits per heavy atom. The van der Waals surface area contributed by atoms with Crippen molar-refractivity contribution >= 4 is 0 Å². The molecule has 0 saturated heterocycles. The first-order valence-electron chi connectivity index (χ1n) is 6.27. The standard InChI is InChI=1S/C16H12N2O/c17-10-11-1-3-12(4-2-11)13-5-7-15-14(9-13)6-8-16(15)18-19/h1-5,7,9,16H,6,8H2.